The van der Waals surface area contributed by atoms with E-state index in [9.17, 15) is 4.79 Å². The minimum absolute atomic E-state index is 0.202. The van der Waals surface area contributed by atoms with E-state index >= 15 is 0 Å². The number of benzene rings is 2. The van der Waals surface area contributed by atoms with Crippen LogP contribution in [-0.2, 0) is 0 Å². The number of amides is 1. The van der Waals surface area contributed by atoms with E-state index in [0.717, 1.165) is 17.1 Å². The fourth-order valence-electron chi connectivity index (χ4n) is 2.31. The lowest BCUT2D eigenvalue weighted by Gasteiger charge is -2.17. The van der Waals surface area contributed by atoms with Gasteiger partial charge in [0.05, 0.1) is 7.11 Å². The maximum atomic E-state index is 12.6. The third kappa shape index (κ3) is 3.92. The van der Waals surface area contributed by atoms with Crippen LogP contribution in [0.5, 0.6) is 5.75 Å². The number of aromatic nitrogens is 2. The monoisotopic (exact) mass is 334 g/mol. The molecule has 3 aromatic rings. The van der Waals surface area contributed by atoms with Crippen molar-refractivity contribution >= 4 is 23.1 Å². The lowest BCUT2D eigenvalue weighted by molar-refractivity contribution is 0.0988. The molecule has 3 rings (SSSR count). The number of hydrogen-bond acceptors (Lipinski definition) is 5. The first kappa shape index (κ1) is 16.4. The van der Waals surface area contributed by atoms with Gasteiger partial charge >= 0.3 is 0 Å². The van der Waals surface area contributed by atoms with E-state index in [1.54, 1.807) is 25.1 Å². The van der Waals surface area contributed by atoms with Crippen molar-refractivity contribution in [2.24, 2.45) is 0 Å². The van der Waals surface area contributed by atoms with Crippen molar-refractivity contribution in [3.05, 3.63) is 72.7 Å². The van der Waals surface area contributed by atoms with Crippen LogP contribution in [0.1, 0.15) is 10.5 Å². The van der Waals surface area contributed by atoms with Crippen molar-refractivity contribution in [2.75, 3.05) is 24.4 Å². The smallest absolute Gasteiger partial charge is 0.276 e. The largest absolute Gasteiger partial charge is 0.497 e. The van der Waals surface area contributed by atoms with Gasteiger partial charge in [0.15, 0.2) is 0 Å². The van der Waals surface area contributed by atoms with Crippen molar-refractivity contribution in [2.45, 2.75) is 0 Å². The van der Waals surface area contributed by atoms with E-state index in [2.05, 4.69) is 15.3 Å². The molecule has 0 aliphatic rings. The Morgan fingerprint density at radius 2 is 1.76 bits per heavy atom. The first-order chi connectivity index (χ1) is 12.2. The quantitative estimate of drug-likeness (QED) is 0.773. The highest BCUT2D eigenvalue weighted by Gasteiger charge is 2.15. The van der Waals surface area contributed by atoms with Gasteiger partial charge in [-0.05, 0) is 36.4 Å². The Bertz CT molecular complexity index is 851. The SMILES string of the molecule is COc1ccc(Nc2cc(C(=O)N(C)c3ccccc3)ncn2)cc1. The molecule has 0 fully saturated rings. The van der Waals surface area contributed by atoms with Crippen LogP contribution >= 0.6 is 0 Å². The first-order valence-electron chi connectivity index (χ1n) is 7.73. The molecule has 0 aliphatic heterocycles. The highest BCUT2D eigenvalue weighted by Crippen LogP contribution is 2.20. The van der Waals surface area contributed by atoms with E-state index in [1.807, 2.05) is 54.6 Å². The lowest BCUT2D eigenvalue weighted by Crippen LogP contribution is -2.27. The van der Waals surface area contributed by atoms with Crippen LogP contribution in [0.2, 0.25) is 0 Å². The van der Waals surface area contributed by atoms with E-state index in [0.29, 0.717) is 11.5 Å². The summed E-state index contributed by atoms with van der Waals surface area (Å²) >= 11 is 0. The fraction of sp³-hybridized carbons (Fsp3) is 0.105. The van der Waals surface area contributed by atoms with Crippen molar-refractivity contribution in [1.82, 2.24) is 9.97 Å². The van der Waals surface area contributed by atoms with E-state index in [-0.39, 0.29) is 5.91 Å². The summed E-state index contributed by atoms with van der Waals surface area (Å²) in [6.07, 6.45) is 1.37. The molecular weight excluding hydrogens is 316 g/mol. The molecule has 6 nitrogen and oxygen atoms in total. The molecule has 0 aliphatic carbocycles. The molecule has 1 aromatic heterocycles. The number of nitrogens with zero attached hydrogens (tertiary/aromatic N) is 3. The Balaban J connectivity index is 1.77. The van der Waals surface area contributed by atoms with E-state index in [1.165, 1.54) is 6.33 Å². The van der Waals surface area contributed by atoms with Crippen molar-refractivity contribution in [3.8, 4) is 5.75 Å². The summed E-state index contributed by atoms with van der Waals surface area (Å²) in [6, 6.07) is 18.5. The van der Waals surface area contributed by atoms with Crippen LogP contribution in [0.3, 0.4) is 0 Å². The number of para-hydroxylation sites is 1. The predicted octanol–water partition coefficient (Wildman–Crippen LogP) is 3.51. The molecule has 0 radical (unpaired) electrons. The van der Waals surface area contributed by atoms with Crippen LogP contribution < -0.4 is 15.0 Å². The maximum Gasteiger partial charge on any atom is 0.276 e. The molecule has 0 atom stereocenters. The molecule has 0 unspecified atom stereocenters. The highest BCUT2D eigenvalue weighted by molar-refractivity contribution is 6.04. The zero-order valence-corrected chi connectivity index (χ0v) is 14.0. The Morgan fingerprint density at radius 3 is 2.44 bits per heavy atom. The second kappa shape index (κ2) is 7.44. The Morgan fingerprint density at radius 1 is 1.04 bits per heavy atom. The Labute approximate surface area is 146 Å². The molecule has 0 saturated carbocycles. The fourth-order valence-corrected chi connectivity index (χ4v) is 2.31. The van der Waals surface area contributed by atoms with Gasteiger partial charge < -0.3 is 15.0 Å². The summed E-state index contributed by atoms with van der Waals surface area (Å²) in [6.45, 7) is 0. The lowest BCUT2D eigenvalue weighted by atomic mass is 10.2. The maximum absolute atomic E-state index is 12.6. The topological polar surface area (TPSA) is 67.3 Å². The zero-order chi connectivity index (χ0) is 17.6. The average Bonchev–Trinajstić information content (AvgIpc) is 2.68. The third-order valence-electron chi connectivity index (χ3n) is 3.70. The third-order valence-corrected chi connectivity index (χ3v) is 3.70. The molecule has 6 heteroatoms. The van der Waals surface area contributed by atoms with Crippen molar-refractivity contribution in [1.29, 1.82) is 0 Å². The standard InChI is InChI=1S/C19H18N4O2/c1-23(15-6-4-3-5-7-15)19(24)17-12-18(21-13-20-17)22-14-8-10-16(25-2)11-9-14/h3-13H,1-2H3,(H,20,21,22). The molecule has 1 N–H and O–H groups in total. The summed E-state index contributed by atoms with van der Waals surface area (Å²) in [5.41, 5.74) is 1.96. The average molecular weight is 334 g/mol. The van der Waals surface area contributed by atoms with Crippen molar-refractivity contribution in [3.63, 3.8) is 0 Å². The normalized spacial score (nSPS) is 10.2. The molecule has 126 valence electrons. The molecular formula is C19H18N4O2. The number of rotatable bonds is 5. The minimum atomic E-state index is -0.202. The van der Waals surface area contributed by atoms with Crippen LogP contribution in [0.15, 0.2) is 67.0 Å². The van der Waals surface area contributed by atoms with Gasteiger partial charge in [0.2, 0.25) is 0 Å². The van der Waals surface area contributed by atoms with Crippen LogP contribution in [0.4, 0.5) is 17.2 Å². The van der Waals surface area contributed by atoms with Gasteiger partial charge in [-0.15, -0.1) is 0 Å². The van der Waals surface area contributed by atoms with Gasteiger partial charge in [-0.3, -0.25) is 4.79 Å². The van der Waals surface area contributed by atoms with Gasteiger partial charge in [0, 0.05) is 24.5 Å². The van der Waals surface area contributed by atoms with Gasteiger partial charge in [0.25, 0.3) is 5.91 Å². The van der Waals surface area contributed by atoms with Gasteiger partial charge in [-0.25, -0.2) is 9.97 Å². The summed E-state index contributed by atoms with van der Waals surface area (Å²) in [5, 5.41) is 3.15. The zero-order valence-electron chi connectivity index (χ0n) is 14.0. The van der Waals surface area contributed by atoms with Gasteiger partial charge in [0.1, 0.15) is 23.6 Å². The summed E-state index contributed by atoms with van der Waals surface area (Å²) < 4.78 is 5.13. The molecule has 1 heterocycles. The molecule has 2 aromatic carbocycles. The first-order valence-corrected chi connectivity index (χ1v) is 7.73. The van der Waals surface area contributed by atoms with E-state index < -0.39 is 0 Å². The summed E-state index contributed by atoms with van der Waals surface area (Å²) in [7, 11) is 3.34. The number of methoxy groups -OCH3 is 1. The Hall–Kier alpha value is -3.41. The van der Waals surface area contributed by atoms with Gasteiger partial charge in [-0.1, -0.05) is 18.2 Å². The second-order valence-electron chi connectivity index (χ2n) is 5.34. The molecule has 0 bridgehead atoms. The summed E-state index contributed by atoms with van der Waals surface area (Å²) in [5.74, 6) is 1.12. The molecule has 25 heavy (non-hydrogen) atoms. The second-order valence-corrected chi connectivity index (χ2v) is 5.34. The number of hydrogen-bond donors (Lipinski definition) is 1. The number of nitrogens with one attached hydrogen (secondary N) is 1. The van der Waals surface area contributed by atoms with E-state index in [4.69, 9.17) is 4.74 Å². The van der Waals surface area contributed by atoms with Crippen LogP contribution in [0.25, 0.3) is 0 Å². The van der Waals surface area contributed by atoms with Crippen LogP contribution in [-0.4, -0.2) is 30.0 Å². The van der Waals surface area contributed by atoms with Gasteiger partial charge in [-0.2, -0.15) is 0 Å². The molecule has 0 saturated heterocycles. The molecule has 1 amide bonds. The molecule has 0 spiro atoms. The van der Waals surface area contributed by atoms with Crippen molar-refractivity contribution < 1.29 is 9.53 Å². The Kier molecular flexibility index (Phi) is 4.89. The predicted molar refractivity (Wildman–Crippen MR) is 97.5 cm³/mol. The van der Waals surface area contributed by atoms with Crippen LogP contribution in [0, 0.1) is 0 Å². The summed E-state index contributed by atoms with van der Waals surface area (Å²) in [4.78, 5) is 22.4. The number of carbonyl (C=O) groups is 1. The highest BCUT2D eigenvalue weighted by atomic mass is 16.5. The number of anilines is 3. The number of carbonyl (C=O) groups excluding carboxylic acids is 1. The minimum Gasteiger partial charge on any atom is -0.497 e. The number of ether oxygens (including phenoxy) is 1.